The molecular formula is C26H31F4N3O4. The molecule has 1 aliphatic carbocycles. The third-order valence-corrected chi connectivity index (χ3v) is 7.42. The molecule has 3 atom stereocenters. The van der Waals surface area contributed by atoms with Gasteiger partial charge in [-0.25, -0.2) is 4.79 Å². The third-order valence-electron chi connectivity index (χ3n) is 7.42. The number of alkyl halides is 4. The maximum atomic E-state index is 13.2. The van der Waals surface area contributed by atoms with Crippen molar-refractivity contribution in [1.29, 1.82) is 0 Å². The molecule has 0 radical (unpaired) electrons. The Bertz CT molecular complexity index is 1120. The van der Waals surface area contributed by atoms with E-state index in [1.807, 2.05) is 12.1 Å². The Labute approximate surface area is 213 Å². The monoisotopic (exact) mass is 525 g/mol. The van der Waals surface area contributed by atoms with Crippen molar-refractivity contribution in [3.8, 4) is 17.2 Å². The maximum absolute atomic E-state index is 13.2. The molecule has 1 saturated heterocycles. The van der Waals surface area contributed by atoms with Gasteiger partial charge in [-0.1, -0.05) is 12.1 Å². The number of ether oxygens (including phenoxy) is 3. The van der Waals surface area contributed by atoms with Crippen molar-refractivity contribution in [3.05, 3.63) is 48.0 Å². The number of nitrogens with zero attached hydrogens (tertiary/aromatic N) is 1. The lowest BCUT2D eigenvalue weighted by Crippen LogP contribution is -2.52. The molecule has 2 aromatic carbocycles. The van der Waals surface area contributed by atoms with Crippen molar-refractivity contribution in [3.63, 3.8) is 0 Å². The Hall–Kier alpha value is -3.21. The van der Waals surface area contributed by atoms with Crippen LogP contribution >= 0.6 is 0 Å². The fourth-order valence-electron chi connectivity index (χ4n) is 5.59. The van der Waals surface area contributed by atoms with Gasteiger partial charge in [-0.15, -0.1) is 0 Å². The molecular weight excluding hydrogens is 494 g/mol. The Morgan fingerprint density at radius 1 is 1.11 bits per heavy atom. The highest BCUT2D eigenvalue weighted by atomic mass is 19.3. The molecule has 7 nitrogen and oxygen atoms in total. The van der Waals surface area contributed by atoms with E-state index < -0.39 is 24.3 Å². The molecule has 2 amide bonds. The van der Waals surface area contributed by atoms with Gasteiger partial charge in [0.1, 0.15) is 5.75 Å². The van der Waals surface area contributed by atoms with Crippen LogP contribution in [0.1, 0.15) is 31.2 Å². The number of urea groups is 1. The summed E-state index contributed by atoms with van der Waals surface area (Å²) < 4.78 is 66.3. The van der Waals surface area contributed by atoms with Gasteiger partial charge in [0.15, 0.2) is 11.5 Å². The third kappa shape index (κ3) is 5.56. The summed E-state index contributed by atoms with van der Waals surface area (Å²) in [5.74, 6) is 0.873. The lowest BCUT2D eigenvalue weighted by atomic mass is 9.65. The van der Waals surface area contributed by atoms with Gasteiger partial charge in [0, 0.05) is 29.3 Å². The molecule has 11 heteroatoms. The molecule has 2 aromatic rings. The number of nitrogens with one attached hydrogen (secondary N) is 2. The van der Waals surface area contributed by atoms with E-state index >= 15 is 0 Å². The van der Waals surface area contributed by atoms with Crippen LogP contribution in [-0.4, -0.2) is 63.4 Å². The highest BCUT2D eigenvalue weighted by Crippen LogP contribution is 2.49. The Morgan fingerprint density at radius 3 is 2.57 bits per heavy atom. The van der Waals surface area contributed by atoms with Gasteiger partial charge in [-0.3, -0.25) is 0 Å². The first-order valence-corrected chi connectivity index (χ1v) is 12.0. The van der Waals surface area contributed by atoms with Crippen molar-refractivity contribution >= 4 is 11.7 Å². The first-order chi connectivity index (χ1) is 17.6. The van der Waals surface area contributed by atoms with Crippen LogP contribution in [0, 0.1) is 0 Å². The normalized spacial score (nSPS) is 23.9. The SMILES string of the molecule is COc1ccc([C@@]23CC[C@@H](NC(=O)Nc4cccc(OC(F)(F)C(F)F)c4)C[C@@H]2N(C)CC3)cc1OC. The second-order valence-corrected chi connectivity index (χ2v) is 9.53. The van der Waals surface area contributed by atoms with E-state index in [1.165, 1.54) is 17.7 Å². The number of halogens is 4. The van der Waals surface area contributed by atoms with Crippen LogP contribution in [0.15, 0.2) is 42.5 Å². The molecule has 0 bridgehead atoms. The highest BCUT2D eigenvalue weighted by Gasteiger charge is 2.50. The summed E-state index contributed by atoms with van der Waals surface area (Å²) in [5.41, 5.74) is 1.25. The summed E-state index contributed by atoms with van der Waals surface area (Å²) in [4.78, 5) is 15.0. The van der Waals surface area contributed by atoms with Gasteiger partial charge in [0.25, 0.3) is 0 Å². The zero-order chi connectivity index (χ0) is 26.8. The number of benzene rings is 2. The predicted molar refractivity (Wildman–Crippen MR) is 130 cm³/mol. The average molecular weight is 526 g/mol. The van der Waals surface area contributed by atoms with Gasteiger partial charge in [0.2, 0.25) is 0 Å². The number of amides is 2. The molecule has 37 heavy (non-hydrogen) atoms. The van der Waals surface area contributed by atoms with Gasteiger partial charge in [-0.2, -0.15) is 17.6 Å². The molecule has 202 valence electrons. The minimum absolute atomic E-state index is 0.0788. The predicted octanol–water partition coefficient (Wildman–Crippen LogP) is 5.26. The summed E-state index contributed by atoms with van der Waals surface area (Å²) >= 11 is 0. The number of carbonyl (C=O) groups excluding carboxylic acids is 1. The van der Waals surface area contributed by atoms with Crippen LogP contribution in [-0.2, 0) is 5.41 Å². The van der Waals surface area contributed by atoms with Crippen LogP contribution in [0.3, 0.4) is 0 Å². The Balaban J connectivity index is 1.42. The lowest BCUT2D eigenvalue weighted by Gasteiger charge is -2.45. The van der Waals surface area contributed by atoms with Crippen molar-refractivity contribution in [2.24, 2.45) is 0 Å². The molecule has 1 heterocycles. The van der Waals surface area contributed by atoms with E-state index in [0.29, 0.717) is 11.5 Å². The van der Waals surface area contributed by atoms with Crippen molar-refractivity contribution in [2.45, 2.75) is 55.7 Å². The summed E-state index contributed by atoms with van der Waals surface area (Å²) in [6.45, 7) is 0.925. The first-order valence-electron chi connectivity index (χ1n) is 12.0. The molecule has 4 rings (SSSR count). The molecule has 0 unspecified atom stereocenters. The van der Waals surface area contributed by atoms with Gasteiger partial charge in [-0.05, 0) is 69.1 Å². The highest BCUT2D eigenvalue weighted by molar-refractivity contribution is 5.89. The van der Waals surface area contributed by atoms with Crippen LogP contribution in [0.25, 0.3) is 0 Å². The van der Waals surface area contributed by atoms with Gasteiger partial charge < -0.3 is 29.7 Å². The summed E-state index contributed by atoms with van der Waals surface area (Å²) in [6.07, 6.45) is -5.29. The number of methoxy groups -OCH3 is 2. The molecule has 2 aliphatic rings. The van der Waals surface area contributed by atoms with E-state index in [1.54, 1.807) is 14.2 Å². The van der Waals surface area contributed by atoms with Gasteiger partial charge in [0.05, 0.1) is 14.2 Å². The van der Waals surface area contributed by atoms with E-state index in [4.69, 9.17) is 9.47 Å². The van der Waals surface area contributed by atoms with Crippen LogP contribution in [0.2, 0.25) is 0 Å². The molecule has 0 spiro atoms. The van der Waals surface area contributed by atoms with E-state index in [9.17, 15) is 22.4 Å². The van der Waals surface area contributed by atoms with Crippen molar-refractivity contribution in [1.82, 2.24) is 10.2 Å². The number of anilines is 1. The second-order valence-electron chi connectivity index (χ2n) is 9.53. The Kier molecular flexibility index (Phi) is 7.72. The fourth-order valence-corrected chi connectivity index (χ4v) is 5.59. The quantitative estimate of drug-likeness (QED) is 0.461. The average Bonchev–Trinajstić information content (AvgIpc) is 3.20. The number of hydrogen-bond acceptors (Lipinski definition) is 5. The molecule has 1 saturated carbocycles. The Morgan fingerprint density at radius 2 is 1.86 bits per heavy atom. The first kappa shape index (κ1) is 26.8. The molecule has 0 aromatic heterocycles. The van der Waals surface area contributed by atoms with Crippen molar-refractivity contribution in [2.75, 3.05) is 33.1 Å². The zero-order valence-corrected chi connectivity index (χ0v) is 20.9. The number of hydrogen-bond donors (Lipinski definition) is 2. The van der Waals surface area contributed by atoms with E-state index in [-0.39, 0.29) is 23.2 Å². The smallest absolute Gasteiger partial charge is 0.461 e. The van der Waals surface area contributed by atoms with Crippen LogP contribution in [0.5, 0.6) is 17.2 Å². The van der Waals surface area contributed by atoms with Crippen LogP contribution < -0.4 is 24.8 Å². The maximum Gasteiger partial charge on any atom is 0.461 e. The fraction of sp³-hybridized carbons (Fsp3) is 0.500. The zero-order valence-electron chi connectivity index (χ0n) is 20.9. The number of rotatable bonds is 8. The number of likely N-dealkylation sites (N-methyl/N-ethyl adjacent to an activating group) is 1. The summed E-state index contributed by atoms with van der Waals surface area (Å²) in [7, 11) is 5.30. The lowest BCUT2D eigenvalue weighted by molar-refractivity contribution is -0.253. The van der Waals surface area contributed by atoms with E-state index in [2.05, 4.69) is 33.4 Å². The summed E-state index contributed by atoms with van der Waals surface area (Å²) in [5, 5.41) is 5.54. The molecule has 1 aliphatic heterocycles. The van der Waals surface area contributed by atoms with E-state index in [0.717, 1.165) is 44.4 Å². The largest absolute Gasteiger partial charge is 0.493 e. The number of likely N-dealkylation sites (tertiary alicyclic amines) is 1. The van der Waals surface area contributed by atoms with Crippen LogP contribution in [0.4, 0.5) is 28.0 Å². The van der Waals surface area contributed by atoms with Gasteiger partial charge >= 0.3 is 18.6 Å². The standard InChI is InChI=1S/C26H31F4N3O4/c1-33-12-11-25(16-7-8-20(35-2)21(13-16)36-3)10-9-18(15-22(25)33)32-24(34)31-17-5-4-6-19(14-17)37-26(29,30)23(27)28/h4-8,13-14,18,22-23H,9-12,15H2,1-3H3,(H2,31,32,34)/t18-,22+,25+/m1/s1. The summed E-state index contributed by atoms with van der Waals surface area (Å²) in [6, 6.07) is 10.6. The molecule has 2 N–H and O–H groups in total. The number of carbonyl (C=O) groups is 1. The molecule has 2 fully saturated rings. The second kappa shape index (κ2) is 10.6. The minimum Gasteiger partial charge on any atom is -0.493 e. The topological polar surface area (TPSA) is 72.1 Å². The number of fused-ring (bicyclic) bond motifs is 1. The van der Waals surface area contributed by atoms with Crippen molar-refractivity contribution < 1.29 is 36.6 Å². The minimum atomic E-state index is -4.63.